The van der Waals surface area contributed by atoms with Crippen molar-refractivity contribution in [1.29, 1.82) is 0 Å². The number of ether oxygens (including phenoxy) is 3. The molecular formula is C23H24ClNO7. The number of carbonyl (C=O) groups excluding carboxylic acids is 2. The molecule has 1 atom stereocenters. The number of Topliss-reactive ketones (excluding diaryl/α,β-unsaturated/α-hetero) is 1. The van der Waals surface area contributed by atoms with Gasteiger partial charge in [-0.15, -0.1) is 0 Å². The third-order valence-corrected chi connectivity index (χ3v) is 5.43. The summed E-state index contributed by atoms with van der Waals surface area (Å²) in [6, 6.07) is 8.20. The predicted molar refractivity (Wildman–Crippen MR) is 118 cm³/mol. The van der Waals surface area contributed by atoms with Crippen LogP contribution in [0.1, 0.15) is 24.1 Å². The standard InChI is InChI=1S/C23H24ClNO7/c1-4-32-18-11-13(5-8-17(18)26)20-19(22(28)23(29)25(20)9-10-30-2)21(27)15-12-14(31-3)6-7-16(15)24/h5-8,11-12,20,26-27H,4,9-10H2,1-3H3/b21-19+. The summed E-state index contributed by atoms with van der Waals surface area (Å²) in [6.07, 6.45) is 0. The Hall–Kier alpha value is -3.23. The molecule has 0 aromatic heterocycles. The number of carbonyl (C=O) groups is 2. The van der Waals surface area contributed by atoms with E-state index < -0.39 is 23.5 Å². The summed E-state index contributed by atoms with van der Waals surface area (Å²) in [4.78, 5) is 27.2. The lowest BCUT2D eigenvalue weighted by molar-refractivity contribution is -0.140. The number of ketones is 1. The Balaban J connectivity index is 2.23. The first-order valence-corrected chi connectivity index (χ1v) is 10.3. The van der Waals surface area contributed by atoms with Crippen LogP contribution in [0, 0.1) is 0 Å². The summed E-state index contributed by atoms with van der Waals surface area (Å²) in [7, 11) is 2.94. The van der Waals surface area contributed by atoms with Crippen LogP contribution in [0.5, 0.6) is 17.2 Å². The minimum Gasteiger partial charge on any atom is -0.507 e. The van der Waals surface area contributed by atoms with Gasteiger partial charge in [0.15, 0.2) is 11.5 Å². The van der Waals surface area contributed by atoms with Crippen LogP contribution in [0.2, 0.25) is 5.02 Å². The molecule has 1 aliphatic heterocycles. The number of nitrogens with zero attached hydrogens (tertiary/aromatic N) is 1. The Morgan fingerprint density at radius 1 is 1.16 bits per heavy atom. The van der Waals surface area contributed by atoms with Gasteiger partial charge in [0.05, 0.1) is 37.0 Å². The highest BCUT2D eigenvalue weighted by Gasteiger charge is 2.46. The molecule has 8 nitrogen and oxygen atoms in total. The van der Waals surface area contributed by atoms with Gasteiger partial charge in [0.2, 0.25) is 0 Å². The van der Waals surface area contributed by atoms with Gasteiger partial charge in [-0.3, -0.25) is 9.59 Å². The number of aliphatic hydroxyl groups is 1. The molecule has 2 N–H and O–H groups in total. The van der Waals surface area contributed by atoms with Gasteiger partial charge in [0, 0.05) is 19.2 Å². The molecule has 3 rings (SSSR count). The number of aromatic hydroxyl groups is 1. The van der Waals surface area contributed by atoms with Crippen LogP contribution >= 0.6 is 11.6 Å². The molecule has 1 fully saturated rings. The third-order valence-electron chi connectivity index (χ3n) is 5.10. The van der Waals surface area contributed by atoms with E-state index in [0.29, 0.717) is 17.9 Å². The van der Waals surface area contributed by atoms with E-state index in [-0.39, 0.29) is 40.8 Å². The van der Waals surface area contributed by atoms with E-state index in [9.17, 15) is 19.8 Å². The van der Waals surface area contributed by atoms with Crippen molar-refractivity contribution in [2.24, 2.45) is 0 Å². The normalized spacial score (nSPS) is 17.6. The van der Waals surface area contributed by atoms with Crippen LogP contribution in [0.15, 0.2) is 42.0 Å². The predicted octanol–water partition coefficient (Wildman–Crippen LogP) is 3.52. The molecule has 1 heterocycles. The Morgan fingerprint density at radius 2 is 1.91 bits per heavy atom. The molecule has 9 heteroatoms. The highest BCUT2D eigenvalue weighted by Crippen LogP contribution is 2.42. The zero-order valence-electron chi connectivity index (χ0n) is 17.9. The maximum absolute atomic E-state index is 13.0. The van der Waals surface area contributed by atoms with Gasteiger partial charge in [-0.1, -0.05) is 17.7 Å². The summed E-state index contributed by atoms with van der Waals surface area (Å²) in [5.41, 5.74) is 0.501. The topological polar surface area (TPSA) is 106 Å². The van der Waals surface area contributed by atoms with Gasteiger partial charge in [-0.05, 0) is 42.8 Å². The first-order valence-electron chi connectivity index (χ1n) is 9.91. The average Bonchev–Trinajstić information content (AvgIpc) is 3.04. The fourth-order valence-electron chi connectivity index (χ4n) is 3.58. The van der Waals surface area contributed by atoms with Crippen molar-refractivity contribution in [3.8, 4) is 17.2 Å². The highest BCUT2D eigenvalue weighted by molar-refractivity contribution is 6.47. The number of benzene rings is 2. The number of methoxy groups -OCH3 is 2. The van der Waals surface area contributed by atoms with Gasteiger partial charge in [0.1, 0.15) is 11.5 Å². The van der Waals surface area contributed by atoms with Crippen molar-refractivity contribution in [2.75, 3.05) is 34.0 Å². The molecule has 1 unspecified atom stereocenters. The molecule has 1 aliphatic rings. The number of amides is 1. The second-order valence-corrected chi connectivity index (χ2v) is 7.40. The van der Waals surface area contributed by atoms with Crippen molar-refractivity contribution in [1.82, 2.24) is 4.90 Å². The van der Waals surface area contributed by atoms with Crippen LogP contribution in [-0.4, -0.2) is 60.8 Å². The van der Waals surface area contributed by atoms with E-state index in [1.54, 1.807) is 19.1 Å². The number of phenols is 1. The number of rotatable bonds is 8. The third kappa shape index (κ3) is 4.37. The maximum atomic E-state index is 13.0. The lowest BCUT2D eigenvalue weighted by atomic mass is 9.95. The van der Waals surface area contributed by atoms with Gasteiger partial charge >= 0.3 is 0 Å². The van der Waals surface area contributed by atoms with E-state index in [2.05, 4.69) is 0 Å². The summed E-state index contributed by atoms with van der Waals surface area (Å²) in [5, 5.41) is 21.4. The van der Waals surface area contributed by atoms with Crippen molar-refractivity contribution < 1.29 is 34.0 Å². The second kappa shape index (κ2) is 9.93. The molecule has 2 aromatic rings. The Kier molecular flexibility index (Phi) is 7.27. The number of hydrogen-bond donors (Lipinski definition) is 2. The van der Waals surface area contributed by atoms with Crippen LogP contribution in [0.3, 0.4) is 0 Å². The van der Waals surface area contributed by atoms with Crippen molar-refractivity contribution in [2.45, 2.75) is 13.0 Å². The Morgan fingerprint density at radius 3 is 2.56 bits per heavy atom. The molecule has 0 spiro atoms. The van der Waals surface area contributed by atoms with E-state index >= 15 is 0 Å². The minimum absolute atomic E-state index is 0.0831. The maximum Gasteiger partial charge on any atom is 0.295 e. The second-order valence-electron chi connectivity index (χ2n) is 6.99. The van der Waals surface area contributed by atoms with Crippen LogP contribution < -0.4 is 9.47 Å². The number of aliphatic hydroxyl groups excluding tert-OH is 1. The summed E-state index contributed by atoms with van der Waals surface area (Å²) in [5.74, 6) is -1.53. The average molecular weight is 462 g/mol. The van der Waals surface area contributed by atoms with Crippen LogP contribution in [0.4, 0.5) is 0 Å². The molecule has 0 radical (unpaired) electrons. The van der Waals surface area contributed by atoms with Crippen molar-refractivity contribution >= 4 is 29.1 Å². The highest BCUT2D eigenvalue weighted by atomic mass is 35.5. The Labute approximate surface area is 190 Å². The molecular weight excluding hydrogens is 438 g/mol. The lowest BCUT2D eigenvalue weighted by Crippen LogP contribution is -2.32. The fourth-order valence-corrected chi connectivity index (χ4v) is 3.78. The summed E-state index contributed by atoms with van der Waals surface area (Å²) in [6.45, 7) is 2.36. The molecule has 0 saturated carbocycles. The number of phenolic OH excluding ortho intramolecular Hbond substituents is 1. The van der Waals surface area contributed by atoms with E-state index in [0.717, 1.165) is 0 Å². The van der Waals surface area contributed by atoms with Gasteiger partial charge in [-0.2, -0.15) is 0 Å². The van der Waals surface area contributed by atoms with Crippen molar-refractivity contribution in [3.05, 3.63) is 58.1 Å². The summed E-state index contributed by atoms with van der Waals surface area (Å²) >= 11 is 6.28. The fraction of sp³-hybridized carbons (Fsp3) is 0.304. The molecule has 1 amide bonds. The van der Waals surface area contributed by atoms with Gasteiger partial charge in [0.25, 0.3) is 11.7 Å². The molecule has 32 heavy (non-hydrogen) atoms. The largest absolute Gasteiger partial charge is 0.507 e. The smallest absolute Gasteiger partial charge is 0.295 e. The van der Waals surface area contributed by atoms with E-state index in [4.69, 9.17) is 25.8 Å². The number of halogens is 1. The van der Waals surface area contributed by atoms with Gasteiger partial charge < -0.3 is 29.3 Å². The number of likely N-dealkylation sites (tertiary alicyclic amines) is 1. The Bertz CT molecular complexity index is 1070. The van der Waals surface area contributed by atoms with Gasteiger partial charge in [-0.25, -0.2) is 0 Å². The van der Waals surface area contributed by atoms with Crippen molar-refractivity contribution in [3.63, 3.8) is 0 Å². The number of hydrogen-bond acceptors (Lipinski definition) is 7. The quantitative estimate of drug-likeness (QED) is 0.352. The molecule has 0 bridgehead atoms. The first kappa shape index (κ1) is 23.4. The lowest BCUT2D eigenvalue weighted by Gasteiger charge is -2.25. The molecule has 2 aromatic carbocycles. The zero-order valence-corrected chi connectivity index (χ0v) is 18.7. The van der Waals surface area contributed by atoms with Crippen LogP contribution in [0.25, 0.3) is 5.76 Å². The van der Waals surface area contributed by atoms with Crippen LogP contribution in [-0.2, 0) is 14.3 Å². The van der Waals surface area contributed by atoms with E-state index in [1.165, 1.54) is 43.4 Å². The molecule has 170 valence electrons. The molecule has 0 aliphatic carbocycles. The SMILES string of the molecule is CCOc1cc(C2/C(=C(\O)c3cc(OC)ccc3Cl)C(=O)C(=O)N2CCOC)ccc1O. The van der Waals surface area contributed by atoms with E-state index in [1.807, 2.05) is 0 Å². The molecule has 1 saturated heterocycles. The summed E-state index contributed by atoms with van der Waals surface area (Å²) < 4.78 is 15.8. The zero-order chi connectivity index (χ0) is 23.4. The first-order chi connectivity index (χ1) is 15.3. The monoisotopic (exact) mass is 461 g/mol. The minimum atomic E-state index is -0.938.